The Balaban J connectivity index is 2.49. The lowest BCUT2D eigenvalue weighted by Gasteiger charge is -2.00. The smallest absolute Gasteiger partial charge is 0.328 e. The molecule has 10 heavy (non-hydrogen) atoms. The van der Waals surface area contributed by atoms with E-state index < -0.39 is 12.0 Å². The molecule has 4 heteroatoms. The average molecular weight is 142 g/mol. The molecule has 0 bridgehead atoms. The molecule has 1 atom stereocenters. The number of nitrogens with zero attached hydrogens (tertiary/aromatic N) is 1. The van der Waals surface area contributed by atoms with Crippen molar-refractivity contribution < 1.29 is 9.90 Å². The zero-order valence-electron chi connectivity index (χ0n) is 5.58. The van der Waals surface area contributed by atoms with E-state index in [0.29, 0.717) is 6.42 Å². The van der Waals surface area contributed by atoms with E-state index in [1.54, 1.807) is 0 Å². The Morgan fingerprint density at radius 2 is 2.60 bits per heavy atom. The van der Waals surface area contributed by atoms with Crippen LogP contribution in [-0.2, 0) is 4.79 Å². The first-order valence-corrected chi connectivity index (χ1v) is 3.28. The summed E-state index contributed by atoms with van der Waals surface area (Å²) in [5.74, 6) is -0.833. The molecule has 1 aliphatic rings. The van der Waals surface area contributed by atoms with E-state index in [-0.39, 0.29) is 0 Å². The van der Waals surface area contributed by atoms with E-state index in [0.717, 1.165) is 13.0 Å². The molecule has 56 valence electrons. The fourth-order valence-electron chi connectivity index (χ4n) is 0.866. The van der Waals surface area contributed by atoms with Gasteiger partial charge in [0.05, 0.1) is 6.34 Å². The minimum atomic E-state index is -0.833. The first-order valence-electron chi connectivity index (χ1n) is 3.28. The van der Waals surface area contributed by atoms with Crippen molar-refractivity contribution in [2.45, 2.75) is 18.9 Å². The second kappa shape index (κ2) is 3.20. The van der Waals surface area contributed by atoms with Crippen LogP contribution in [0.5, 0.6) is 0 Å². The van der Waals surface area contributed by atoms with Gasteiger partial charge in [0, 0.05) is 6.54 Å². The van der Waals surface area contributed by atoms with Gasteiger partial charge in [0.15, 0.2) is 0 Å². The number of aliphatic carboxylic acids is 1. The van der Waals surface area contributed by atoms with Gasteiger partial charge in [-0.3, -0.25) is 4.99 Å². The van der Waals surface area contributed by atoms with Crippen LogP contribution in [0.15, 0.2) is 4.99 Å². The summed E-state index contributed by atoms with van der Waals surface area (Å²) in [6, 6.07) is -0.532. The van der Waals surface area contributed by atoms with Gasteiger partial charge in [-0.2, -0.15) is 0 Å². The van der Waals surface area contributed by atoms with Crippen molar-refractivity contribution in [3.63, 3.8) is 0 Å². The van der Waals surface area contributed by atoms with E-state index >= 15 is 0 Å². The highest BCUT2D eigenvalue weighted by Gasteiger charge is 2.15. The van der Waals surface area contributed by atoms with Gasteiger partial charge in [-0.25, -0.2) is 4.79 Å². The normalized spacial score (nSPS) is 25.0. The maximum atomic E-state index is 10.4. The third-order valence-electron chi connectivity index (χ3n) is 1.43. The average Bonchev–Trinajstić information content (AvgIpc) is 2.12. The molecule has 0 saturated carbocycles. The van der Waals surface area contributed by atoms with Gasteiger partial charge < -0.3 is 10.4 Å². The van der Waals surface area contributed by atoms with Crippen molar-refractivity contribution in [1.82, 2.24) is 5.32 Å². The minimum absolute atomic E-state index is 0.532. The molecular formula is C6H10N2O2. The molecule has 0 unspecified atom stereocenters. The summed E-state index contributed by atoms with van der Waals surface area (Å²) in [7, 11) is 0. The lowest BCUT2D eigenvalue weighted by atomic mass is 10.2. The van der Waals surface area contributed by atoms with E-state index in [2.05, 4.69) is 10.3 Å². The molecule has 0 aliphatic carbocycles. The second-order valence-corrected chi connectivity index (χ2v) is 2.23. The summed E-state index contributed by atoms with van der Waals surface area (Å²) in [6.07, 6.45) is 2.99. The lowest BCUT2D eigenvalue weighted by Crippen LogP contribution is -2.16. The summed E-state index contributed by atoms with van der Waals surface area (Å²) in [5, 5.41) is 11.4. The molecule has 1 heterocycles. The molecule has 1 rings (SSSR count). The quantitative estimate of drug-likeness (QED) is 0.535. The Morgan fingerprint density at radius 3 is 3.30 bits per heavy atom. The molecule has 4 nitrogen and oxygen atoms in total. The van der Waals surface area contributed by atoms with Crippen molar-refractivity contribution in [1.29, 1.82) is 0 Å². The Morgan fingerprint density at radius 1 is 1.80 bits per heavy atom. The highest BCUT2D eigenvalue weighted by molar-refractivity contribution is 5.75. The predicted molar refractivity (Wildman–Crippen MR) is 37.2 cm³/mol. The Hall–Kier alpha value is -1.06. The molecule has 0 radical (unpaired) electrons. The maximum Gasteiger partial charge on any atom is 0.328 e. The predicted octanol–water partition coefficient (Wildman–Crippen LogP) is -0.149. The van der Waals surface area contributed by atoms with Gasteiger partial charge in [0.1, 0.15) is 6.04 Å². The zero-order valence-corrected chi connectivity index (χ0v) is 5.58. The van der Waals surface area contributed by atoms with Gasteiger partial charge in [0.25, 0.3) is 0 Å². The van der Waals surface area contributed by atoms with Crippen molar-refractivity contribution in [3.8, 4) is 0 Å². The standard InChI is InChI=1S/C6H10N2O2/c9-6(10)5-2-1-3-7-4-8-5/h4-5H,1-3H2,(H,7,8)(H,9,10)/t5-/m0/s1. The highest BCUT2D eigenvalue weighted by atomic mass is 16.4. The summed E-state index contributed by atoms with van der Waals surface area (Å²) in [4.78, 5) is 14.2. The molecular weight excluding hydrogens is 132 g/mol. The van der Waals surface area contributed by atoms with E-state index in [9.17, 15) is 4.79 Å². The number of carboxylic acid groups (broad SMARTS) is 1. The molecule has 0 amide bonds. The SMILES string of the molecule is O=C(O)[C@@H]1CCCNC=N1. The summed E-state index contributed by atoms with van der Waals surface area (Å²) < 4.78 is 0. The largest absolute Gasteiger partial charge is 0.480 e. The number of carbonyl (C=O) groups is 1. The molecule has 0 aromatic rings. The maximum absolute atomic E-state index is 10.4. The number of hydrogen-bond donors (Lipinski definition) is 2. The van der Waals surface area contributed by atoms with Crippen LogP contribution in [0.25, 0.3) is 0 Å². The van der Waals surface area contributed by atoms with Crippen LogP contribution in [0.1, 0.15) is 12.8 Å². The molecule has 1 aliphatic heterocycles. The summed E-state index contributed by atoms with van der Waals surface area (Å²) >= 11 is 0. The van der Waals surface area contributed by atoms with Gasteiger partial charge in [-0.15, -0.1) is 0 Å². The van der Waals surface area contributed by atoms with Crippen molar-refractivity contribution in [3.05, 3.63) is 0 Å². The topological polar surface area (TPSA) is 61.7 Å². The third kappa shape index (κ3) is 1.72. The van der Waals surface area contributed by atoms with Crippen molar-refractivity contribution in [2.24, 2.45) is 4.99 Å². The van der Waals surface area contributed by atoms with Gasteiger partial charge >= 0.3 is 5.97 Å². The Bertz CT molecular complexity index is 156. The van der Waals surface area contributed by atoms with E-state index in [1.165, 1.54) is 6.34 Å². The number of aliphatic imine (C=N–C) groups is 1. The lowest BCUT2D eigenvalue weighted by molar-refractivity contribution is -0.138. The molecule has 0 saturated heterocycles. The first kappa shape index (κ1) is 7.05. The summed E-state index contributed by atoms with van der Waals surface area (Å²) in [5.41, 5.74) is 0. The summed E-state index contributed by atoms with van der Waals surface area (Å²) in [6.45, 7) is 0.827. The Kier molecular flexibility index (Phi) is 2.25. The third-order valence-corrected chi connectivity index (χ3v) is 1.43. The van der Waals surface area contributed by atoms with Gasteiger partial charge in [-0.1, -0.05) is 0 Å². The van der Waals surface area contributed by atoms with Crippen LogP contribution in [0.4, 0.5) is 0 Å². The fourth-order valence-corrected chi connectivity index (χ4v) is 0.866. The van der Waals surface area contributed by atoms with Crippen LogP contribution < -0.4 is 5.32 Å². The number of nitrogens with one attached hydrogen (secondary N) is 1. The van der Waals surface area contributed by atoms with E-state index in [4.69, 9.17) is 5.11 Å². The molecule has 0 fully saturated rings. The van der Waals surface area contributed by atoms with Crippen LogP contribution in [0.2, 0.25) is 0 Å². The van der Waals surface area contributed by atoms with Crippen LogP contribution >= 0.6 is 0 Å². The molecule has 0 spiro atoms. The fraction of sp³-hybridized carbons (Fsp3) is 0.667. The number of rotatable bonds is 1. The van der Waals surface area contributed by atoms with E-state index in [1.807, 2.05) is 0 Å². The monoisotopic (exact) mass is 142 g/mol. The Labute approximate surface area is 59.0 Å². The molecule has 0 aromatic carbocycles. The molecule has 0 aromatic heterocycles. The number of carboxylic acids is 1. The van der Waals surface area contributed by atoms with Gasteiger partial charge in [0.2, 0.25) is 0 Å². The first-order chi connectivity index (χ1) is 4.80. The number of hydrogen-bond acceptors (Lipinski definition) is 3. The molecule has 2 N–H and O–H groups in total. The van der Waals surface area contributed by atoms with Gasteiger partial charge in [-0.05, 0) is 12.8 Å². The van der Waals surface area contributed by atoms with Crippen molar-refractivity contribution in [2.75, 3.05) is 6.54 Å². The van der Waals surface area contributed by atoms with Crippen LogP contribution in [0.3, 0.4) is 0 Å². The van der Waals surface area contributed by atoms with Crippen molar-refractivity contribution >= 4 is 12.3 Å². The zero-order chi connectivity index (χ0) is 7.40. The second-order valence-electron chi connectivity index (χ2n) is 2.23. The minimum Gasteiger partial charge on any atom is -0.480 e. The van der Waals surface area contributed by atoms with Crippen LogP contribution in [-0.4, -0.2) is 30.0 Å². The highest BCUT2D eigenvalue weighted by Crippen LogP contribution is 2.02. The van der Waals surface area contributed by atoms with Crippen LogP contribution in [0, 0.1) is 0 Å².